The highest BCUT2D eigenvalue weighted by molar-refractivity contribution is 7.80. The molecule has 0 aliphatic carbocycles. The molecule has 0 aliphatic rings. The molecule has 0 atom stereocenters. The van der Waals surface area contributed by atoms with Gasteiger partial charge in [0.2, 0.25) is 0 Å². The summed E-state index contributed by atoms with van der Waals surface area (Å²) in [5.74, 6) is -0.239. The fourth-order valence-electron chi connectivity index (χ4n) is 1.24. The number of hydrogen-bond donors (Lipinski definition) is 1. The highest BCUT2D eigenvalue weighted by atomic mass is 32.1. The van der Waals surface area contributed by atoms with Gasteiger partial charge in [-0.05, 0) is 42.0 Å². The quantitative estimate of drug-likeness (QED) is 0.595. The highest BCUT2D eigenvalue weighted by Gasteiger charge is 1.91. The molecule has 0 heterocycles. The molecule has 0 N–H and O–H groups in total. The minimum Gasteiger partial charge on any atom is -0.256 e. The van der Waals surface area contributed by atoms with Crippen molar-refractivity contribution in [2.45, 2.75) is 4.90 Å². The van der Waals surface area contributed by atoms with Crippen molar-refractivity contribution in [1.29, 1.82) is 0 Å². The fourth-order valence-corrected chi connectivity index (χ4v) is 1.39. The van der Waals surface area contributed by atoms with E-state index in [9.17, 15) is 4.39 Å². The first kappa shape index (κ1) is 10.9. The topological polar surface area (TPSA) is 12.4 Å². The van der Waals surface area contributed by atoms with E-state index in [-0.39, 0.29) is 5.82 Å². The van der Waals surface area contributed by atoms with Crippen LogP contribution in [0.3, 0.4) is 0 Å². The third-order valence-corrected chi connectivity index (χ3v) is 2.38. The van der Waals surface area contributed by atoms with Gasteiger partial charge in [-0.2, -0.15) is 0 Å². The van der Waals surface area contributed by atoms with Crippen LogP contribution in [0.25, 0.3) is 0 Å². The molecular weight excluding hydrogens is 221 g/mol. The second-order valence-electron chi connectivity index (χ2n) is 3.33. The average molecular weight is 231 g/mol. The summed E-state index contributed by atoms with van der Waals surface area (Å²) in [6.45, 7) is 0. The Balaban J connectivity index is 2.15. The molecule has 2 rings (SSSR count). The van der Waals surface area contributed by atoms with E-state index >= 15 is 0 Å². The van der Waals surface area contributed by atoms with Gasteiger partial charge in [0.25, 0.3) is 0 Å². The number of aliphatic imine (C=N–C) groups is 1. The SMILES string of the molecule is Fc1ccc(C=Nc2ccc(S)cc2)cc1. The second kappa shape index (κ2) is 4.94. The zero-order valence-corrected chi connectivity index (χ0v) is 9.36. The van der Waals surface area contributed by atoms with Gasteiger partial charge < -0.3 is 0 Å². The fraction of sp³-hybridized carbons (Fsp3) is 0. The van der Waals surface area contributed by atoms with E-state index in [0.29, 0.717) is 0 Å². The minimum absolute atomic E-state index is 0.239. The maximum absolute atomic E-state index is 12.6. The normalized spacial score (nSPS) is 10.9. The smallest absolute Gasteiger partial charge is 0.123 e. The van der Waals surface area contributed by atoms with Crippen LogP contribution in [0.1, 0.15) is 5.56 Å². The standard InChI is InChI=1S/C13H10FNS/c14-11-3-1-10(2-4-11)9-15-12-5-7-13(16)8-6-12/h1-9,16H. The first-order valence-electron chi connectivity index (χ1n) is 4.83. The molecular formula is C13H10FNS. The van der Waals surface area contributed by atoms with Crippen LogP contribution in [0.5, 0.6) is 0 Å². The summed E-state index contributed by atoms with van der Waals surface area (Å²) < 4.78 is 12.6. The number of halogens is 1. The van der Waals surface area contributed by atoms with E-state index < -0.39 is 0 Å². The van der Waals surface area contributed by atoms with Crippen molar-refractivity contribution in [3.05, 3.63) is 59.9 Å². The molecule has 1 nitrogen and oxygen atoms in total. The zero-order chi connectivity index (χ0) is 11.4. The Bertz CT molecular complexity index is 441. The Labute approximate surface area is 99.1 Å². The molecule has 0 unspecified atom stereocenters. The molecule has 2 aromatic rings. The largest absolute Gasteiger partial charge is 0.256 e. The molecule has 0 fully saturated rings. The van der Waals surface area contributed by atoms with E-state index in [0.717, 1.165) is 16.1 Å². The molecule has 0 radical (unpaired) electrons. The van der Waals surface area contributed by atoms with Gasteiger partial charge in [-0.15, -0.1) is 12.6 Å². The monoisotopic (exact) mass is 231 g/mol. The third-order valence-electron chi connectivity index (χ3n) is 2.08. The van der Waals surface area contributed by atoms with Crippen LogP contribution in [0.15, 0.2) is 58.4 Å². The van der Waals surface area contributed by atoms with Gasteiger partial charge in [0, 0.05) is 11.1 Å². The van der Waals surface area contributed by atoms with Gasteiger partial charge in [-0.3, -0.25) is 4.99 Å². The van der Waals surface area contributed by atoms with Gasteiger partial charge in [0.1, 0.15) is 5.82 Å². The summed E-state index contributed by atoms with van der Waals surface area (Å²) in [6.07, 6.45) is 1.70. The molecule has 0 aliphatic heterocycles. The lowest BCUT2D eigenvalue weighted by Crippen LogP contribution is -1.80. The molecule has 0 saturated heterocycles. The van der Waals surface area contributed by atoms with Gasteiger partial charge in [-0.1, -0.05) is 12.1 Å². The Hall–Kier alpha value is -1.61. The first-order valence-corrected chi connectivity index (χ1v) is 5.27. The molecule has 3 heteroatoms. The lowest BCUT2D eigenvalue weighted by molar-refractivity contribution is 0.628. The molecule has 0 saturated carbocycles. The summed E-state index contributed by atoms with van der Waals surface area (Å²) in [5.41, 5.74) is 1.72. The van der Waals surface area contributed by atoms with Crippen LogP contribution in [-0.4, -0.2) is 6.21 Å². The van der Waals surface area contributed by atoms with E-state index in [1.54, 1.807) is 18.3 Å². The van der Waals surface area contributed by atoms with Gasteiger partial charge in [0.15, 0.2) is 0 Å². The van der Waals surface area contributed by atoms with Gasteiger partial charge in [0.05, 0.1) is 5.69 Å². The third kappa shape index (κ3) is 2.94. The number of hydrogen-bond acceptors (Lipinski definition) is 2. The van der Waals surface area contributed by atoms with Crippen molar-refractivity contribution in [2.24, 2.45) is 4.99 Å². The number of benzene rings is 2. The van der Waals surface area contributed by atoms with Crippen molar-refractivity contribution < 1.29 is 4.39 Å². The Morgan fingerprint density at radius 3 is 2.19 bits per heavy atom. The van der Waals surface area contributed by atoms with Crippen LogP contribution in [-0.2, 0) is 0 Å². The summed E-state index contributed by atoms with van der Waals surface area (Å²) in [7, 11) is 0. The summed E-state index contributed by atoms with van der Waals surface area (Å²) in [6, 6.07) is 13.7. The number of rotatable bonds is 2. The van der Waals surface area contributed by atoms with Gasteiger partial charge >= 0.3 is 0 Å². The summed E-state index contributed by atoms with van der Waals surface area (Å²) in [4.78, 5) is 5.17. The maximum atomic E-state index is 12.6. The number of thiol groups is 1. The molecule has 0 aromatic heterocycles. The number of nitrogens with zero attached hydrogens (tertiary/aromatic N) is 1. The highest BCUT2D eigenvalue weighted by Crippen LogP contribution is 2.15. The average Bonchev–Trinajstić information content (AvgIpc) is 2.30. The van der Waals surface area contributed by atoms with Crippen LogP contribution in [0, 0.1) is 5.82 Å². The minimum atomic E-state index is -0.239. The molecule has 0 bridgehead atoms. The van der Waals surface area contributed by atoms with Crippen molar-refractivity contribution >= 4 is 24.5 Å². The molecule has 0 spiro atoms. The predicted molar refractivity (Wildman–Crippen MR) is 67.3 cm³/mol. The van der Waals surface area contributed by atoms with Crippen molar-refractivity contribution in [1.82, 2.24) is 0 Å². The molecule has 2 aromatic carbocycles. The van der Waals surface area contributed by atoms with Crippen molar-refractivity contribution in [2.75, 3.05) is 0 Å². The van der Waals surface area contributed by atoms with E-state index in [4.69, 9.17) is 0 Å². The second-order valence-corrected chi connectivity index (χ2v) is 3.84. The lowest BCUT2D eigenvalue weighted by Gasteiger charge is -1.95. The lowest BCUT2D eigenvalue weighted by atomic mass is 10.2. The van der Waals surface area contributed by atoms with Crippen LogP contribution >= 0.6 is 12.6 Å². The van der Waals surface area contributed by atoms with Crippen LogP contribution in [0.2, 0.25) is 0 Å². The first-order chi connectivity index (χ1) is 7.74. The molecule has 80 valence electrons. The van der Waals surface area contributed by atoms with Crippen molar-refractivity contribution in [3.63, 3.8) is 0 Å². The van der Waals surface area contributed by atoms with E-state index in [1.165, 1.54) is 12.1 Å². The van der Waals surface area contributed by atoms with E-state index in [1.807, 2.05) is 24.3 Å². The Morgan fingerprint density at radius 1 is 0.938 bits per heavy atom. The molecule has 16 heavy (non-hydrogen) atoms. The summed E-state index contributed by atoms with van der Waals surface area (Å²) >= 11 is 4.19. The van der Waals surface area contributed by atoms with Gasteiger partial charge in [-0.25, -0.2) is 4.39 Å². The van der Waals surface area contributed by atoms with E-state index in [2.05, 4.69) is 17.6 Å². The zero-order valence-electron chi connectivity index (χ0n) is 8.47. The molecule has 0 amide bonds. The Kier molecular flexibility index (Phi) is 3.37. The predicted octanol–water partition coefficient (Wildman–Crippen LogP) is 3.87. The van der Waals surface area contributed by atoms with Crippen LogP contribution < -0.4 is 0 Å². The van der Waals surface area contributed by atoms with Crippen LogP contribution in [0.4, 0.5) is 10.1 Å². The van der Waals surface area contributed by atoms with Crippen molar-refractivity contribution in [3.8, 4) is 0 Å². The maximum Gasteiger partial charge on any atom is 0.123 e. The Morgan fingerprint density at radius 2 is 1.56 bits per heavy atom. The summed E-state index contributed by atoms with van der Waals surface area (Å²) in [5, 5.41) is 0.